The van der Waals surface area contributed by atoms with Gasteiger partial charge in [0.2, 0.25) is 0 Å². The summed E-state index contributed by atoms with van der Waals surface area (Å²) in [6, 6.07) is 69.6. The van der Waals surface area contributed by atoms with Crippen LogP contribution in [0, 0.1) is 0 Å². The lowest BCUT2D eigenvalue weighted by Gasteiger charge is -2.17. The van der Waals surface area contributed by atoms with Gasteiger partial charge in [-0.05, 0) is 76.8 Å². The number of rotatable bonds is 4. The topological polar surface area (TPSA) is 35.6 Å². The minimum absolute atomic E-state index is 0.875. The monoisotopic (exact) mass is 712 g/mol. The molecule has 0 unspecified atom stereocenters. The Balaban J connectivity index is 1.19. The number of hydrogen-bond donors (Lipinski definition) is 0. The van der Waals surface area contributed by atoms with Gasteiger partial charge in [-0.1, -0.05) is 133 Å². The molecule has 0 aliphatic carbocycles. The van der Waals surface area contributed by atoms with Crippen molar-refractivity contribution in [2.45, 2.75) is 0 Å². The Hall–Kier alpha value is -7.56. The third-order valence-electron chi connectivity index (χ3n) is 11.5. The number of para-hydroxylation sites is 4. The standard InChI is InChI=1S/C52H32N4/c1-2-15-33(16-3-1)51-52(54-43-24-11-10-23-42(43)53-51)40-29-30-46(37-20-7-6-19-36(37)40)56-48-28-14-27-47(50(48)41-31-34-17-4-5-18-35(34)32-49(41)56)55-44-25-12-8-21-38(44)39-22-9-13-26-45(39)55/h1-32H. The van der Waals surface area contributed by atoms with Crippen LogP contribution in [0.2, 0.25) is 0 Å². The van der Waals surface area contributed by atoms with E-state index in [2.05, 4.69) is 173 Å². The second-order valence-electron chi connectivity index (χ2n) is 14.5. The molecule has 0 fully saturated rings. The molecule has 0 spiro atoms. The highest BCUT2D eigenvalue weighted by atomic mass is 15.0. The highest BCUT2D eigenvalue weighted by Crippen LogP contribution is 2.44. The molecule has 3 heterocycles. The van der Waals surface area contributed by atoms with E-state index in [1.54, 1.807) is 0 Å². The van der Waals surface area contributed by atoms with Crippen molar-refractivity contribution in [2.75, 3.05) is 0 Å². The first-order chi connectivity index (χ1) is 27.8. The molecule has 0 aliphatic heterocycles. The first-order valence-corrected chi connectivity index (χ1v) is 19.1. The summed E-state index contributed by atoms with van der Waals surface area (Å²) in [5.41, 5.74) is 12.6. The molecule has 0 N–H and O–H groups in total. The van der Waals surface area contributed by atoms with Crippen molar-refractivity contribution in [3.63, 3.8) is 0 Å². The lowest BCUT2D eigenvalue weighted by molar-refractivity contribution is 1.18. The van der Waals surface area contributed by atoms with Crippen molar-refractivity contribution in [2.24, 2.45) is 0 Å². The number of aromatic nitrogens is 4. The zero-order valence-corrected chi connectivity index (χ0v) is 30.3. The fourth-order valence-electron chi connectivity index (χ4n) is 9.03. The average Bonchev–Trinajstić information content (AvgIpc) is 3.77. The summed E-state index contributed by atoms with van der Waals surface area (Å²) in [4.78, 5) is 10.5. The lowest BCUT2D eigenvalue weighted by Crippen LogP contribution is -1.99. The third kappa shape index (κ3) is 4.47. The largest absolute Gasteiger partial charge is 0.309 e. The van der Waals surface area contributed by atoms with Crippen LogP contribution in [0.15, 0.2) is 194 Å². The van der Waals surface area contributed by atoms with Gasteiger partial charge in [-0.2, -0.15) is 0 Å². The molecule has 9 aromatic carbocycles. The SMILES string of the molecule is c1ccc(-c2nc3ccccc3nc2-c2ccc(-n3c4cc5ccccc5cc4c4c(-n5c6ccccc6c6ccccc65)cccc43)c3ccccc23)cc1. The van der Waals surface area contributed by atoms with Crippen LogP contribution in [-0.2, 0) is 0 Å². The van der Waals surface area contributed by atoms with Crippen molar-refractivity contribution in [1.29, 1.82) is 0 Å². The maximum atomic E-state index is 5.32. The van der Waals surface area contributed by atoms with Crippen LogP contribution >= 0.6 is 0 Å². The van der Waals surface area contributed by atoms with Gasteiger partial charge in [-0.15, -0.1) is 0 Å². The number of fused-ring (bicyclic) bond motifs is 9. The average molecular weight is 713 g/mol. The van der Waals surface area contributed by atoms with E-state index in [0.29, 0.717) is 0 Å². The third-order valence-corrected chi connectivity index (χ3v) is 11.5. The van der Waals surface area contributed by atoms with Gasteiger partial charge >= 0.3 is 0 Å². The first-order valence-electron chi connectivity index (χ1n) is 19.1. The number of benzene rings is 9. The molecular weight excluding hydrogens is 681 g/mol. The molecule has 12 rings (SSSR count). The zero-order valence-electron chi connectivity index (χ0n) is 30.3. The minimum Gasteiger partial charge on any atom is -0.309 e. The van der Waals surface area contributed by atoms with Crippen LogP contribution in [0.3, 0.4) is 0 Å². The quantitative estimate of drug-likeness (QED) is 0.182. The van der Waals surface area contributed by atoms with Gasteiger partial charge in [0.1, 0.15) is 0 Å². The van der Waals surface area contributed by atoms with Gasteiger partial charge in [0.05, 0.1) is 55.9 Å². The van der Waals surface area contributed by atoms with Crippen LogP contribution in [-0.4, -0.2) is 19.1 Å². The van der Waals surface area contributed by atoms with Gasteiger partial charge in [0.25, 0.3) is 0 Å². The normalized spacial score (nSPS) is 11.9. The smallest absolute Gasteiger partial charge is 0.0979 e. The van der Waals surface area contributed by atoms with E-state index in [1.807, 2.05) is 30.3 Å². The molecule has 260 valence electrons. The minimum atomic E-state index is 0.875. The van der Waals surface area contributed by atoms with Crippen LogP contribution < -0.4 is 0 Å². The van der Waals surface area contributed by atoms with Crippen LogP contribution in [0.1, 0.15) is 0 Å². The van der Waals surface area contributed by atoms with Crippen molar-refractivity contribution in [3.8, 4) is 33.9 Å². The Morgan fingerprint density at radius 3 is 1.61 bits per heavy atom. The molecule has 12 aromatic rings. The molecule has 4 heteroatoms. The van der Waals surface area contributed by atoms with Crippen molar-refractivity contribution in [3.05, 3.63) is 194 Å². The van der Waals surface area contributed by atoms with Gasteiger partial charge in [0.15, 0.2) is 0 Å². The highest BCUT2D eigenvalue weighted by molar-refractivity contribution is 6.19. The predicted molar refractivity (Wildman–Crippen MR) is 234 cm³/mol. The van der Waals surface area contributed by atoms with Gasteiger partial charge in [0, 0.05) is 38.1 Å². The fraction of sp³-hybridized carbons (Fsp3) is 0. The van der Waals surface area contributed by atoms with Crippen LogP contribution in [0.4, 0.5) is 0 Å². The van der Waals surface area contributed by atoms with E-state index in [4.69, 9.17) is 9.97 Å². The van der Waals surface area contributed by atoms with Gasteiger partial charge in [-0.3, -0.25) is 0 Å². The summed E-state index contributed by atoms with van der Waals surface area (Å²) in [6.07, 6.45) is 0. The Labute approximate surface area is 322 Å². The second kappa shape index (κ2) is 12.0. The molecule has 0 radical (unpaired) electrons. The summed E-state index contributed by atoms with van der Waals surface area (Å²) >= 11 is 0. The molecule has 4 nitrogen and oxygen atoms in total. The molecule has 0 atom stereocenters. The Kier molecular flexibility index (Phi) is 6.60. The van der Waals surface area contributed by atoms with E-state index in [1.165, 1.54) is 54.6 Å². The maximum Gasteiger partial charge on any atom is 0.0979 e. The Morgan fingerprint density at radius 2 is 0.875 bits per heavy atom. The lowest BCUT2D eigenvalue weighted by atomic mass is 9.96. The van der Waals surface area contributed by atoms with E-state index in [-0.39, 0.29) is 0 Å². The fourth-order valence-corrected chi connectivity index (χ4v) is 9.03. The number of nitrogens with zero attached hydrogens (tertiary/aromatic N) is 4. The zero-order chi connectivity index (χ0) is 36.7. The van der Waals surface area contributed by atoms with E-state index in [9.17, 15) is 0 Å². The summed E-state index contributed by atoms with van der Waals surface area (Å²) in [5.74, 6) is 0. The van der Waals surface area contributed by atoms with Gasteiger partial charge < -0.3 is 9.13 Å². The van der Waals surface area contributed by atoms with Crippen molar-refractivity contribution < 1.29 is 0 Å². The Morgan fingerprint density at radius 1 is 0.321 bits per heavy atom. The maximum absolute atomic E-state index is 5.32. The summed E-state index contributed by atoms with van der Waals surface area (Å²) < 4.78 is 4.93. The summed E-state index contributed by atoms with van der Waals surface area (Å²) in [7, 11) is 0. The molecule has 0 bridgehead atoms. The van der Waals surface area contributed by atoms with Crippen molar-refractivity contribution in [1.82, 2.24) is 19.1 Å². The highest BCUT2D eigenvalue weighted by Gasteiger charge is 2.23. The molecule has 0 aliphatic rings. The van der Waals surface area contributed by atoms with Crippen LogP contribution in [0.25, 0.3) is 110 Å². The predicted octanol–water partition coefficient (Wildman–Crippen LogP) is 13.5. The van der Waals surface area contributed by atoms with Gasteiger partial charge in [-0.25, -0.2) is 9.97 Å². The van der Waals surface area contributed by atoms with Crippen molar-refractivity contribution >= 4 is 76.2 Å². The second-order valence-corrected chi connectivity index (χ2v) is 14.5. The van der Waals surface area contributed by atoms with E-state index in [0.717, 1.165) is 55.5 Å². The Bertz CT molecular complexity index is 3480. The van der Waals surface area contributed by atoms with E-state index < -0.39 is 0 Å². The molecule has 0 saturated carbocycles. The summed E-state index contributed by atoms with van der Waals surface area (Å²) in [6.45, 7) is 0. The molecule has 56 heavy (non-hydrogen) atoms. The molecular formula is C52H32N4. The molecule has 0 saturated heterocycles. The first kappa shape index (κ1) is 30.9. The van der Waals surface area contributed by atoms with Crippen LogP contribution in [0.5, 0.6) is 0 Å². The number of hydrogen-bond acceptors (Lipinski definition) is 2. The molecule has 3 aromatic heterocycles. The molecule has 0 amide bonds. The van der Waals surface area contributed by atoms with E-state index >= 15 is 0 Å². The summed E-state index contributed by atoms with van der Waals surface area (Å²) in [5, 5.41) is 9.65.